The van der Waals surface area contributed by atoms with Gasteiger partial charge in [-0.25, -0.2) is 9.97 Å². The number of nitrogens with one attached hydrogen (secondary N) is 2. The van der Waals surface area contributed by atoms with Crippen molar-refractivity contribution in [3.63, 3.8) is 0 Å². The van der Waals surface area contributed by atoms with Crippen LogP contribution in [0.15, 0.2) is 29.7 Å². The fourth-order valence-corrected chi connectivity index (χ4v) is 5.11. The Kier molecular flexibility index (Phi) is 7.16. The summed E-state index contributed by atoms with van der Waals surface area (Å²) in [7, 11) is -2.07. The maximum absolute atomic E-state index is 13.8. The van der Waals surface area contributed by atoms with Gasteiger partial charge in [-0.2, -0.15) is 13.2 Å². The van der Waals surface area contributed by atoms with Crippen LogP contribution in [0.5, 0.6) is 0 Å². The predicted octanol–water partition coefficient (Wildman–Crippen LogP) is 4.59. The van der Waals surface area contributed by atoms with Crippen molar-refractivity contribution in [2.75, 3.05) is 0 Å². The summed E-state index contributed by atoms with van der Waals surface area (Å²) in [6.45, 7) is 12.5. The third-order valence-corrected chi connectivity index (χ3v) is 10.6. The minimum Gasteiger partial charge on any atom is -0.411 e. The highest BCUT2D eigenvalue weighted by Gasteiger charge is 2.50. The molecule has 2 N–H and O–H groups in total. The number of nitrogens with zero attached hydrogens (tertiary/aromatic N) is 2. The third-order valence-electron chi connectivity index (χ3n) is 5.95. The van der Waals surface area contributed by atoms with E-state index in [1.165, 1.54) is 12.4 Å². The van der Waals surface area contributed by atoms with Crippen molar-refractivity contribution in [2.24, 2.45) is 0 Å². The van der Waals surface area contributed by atoms with Crippen molar-refractivity contribution in [1.82, 2.24) is 15.3 Å². The number of rotatable bonds is 8. The molecular formula is C21H31F3N4O2Si. The van der Waals surface area contributed by atoms with Crippen LogP contribution < -0.4 is 5.32 Å². The average molecular weight is 457 g/mol. The quantitative estimate of drug-likeness (QED) is 0.339. The lowest BCUT2D eigenvalue weighted by atomic mass is 9.77. The Morgan fingerprint density at radius 2 is 1.84 bits per heavy atom. The monoisotopic (exact) mass is 456 g/mol. The molecule has 31 heavy (non-hydrogen) atoms. The number of hydrogen-bond acceptors (Lipinski definition) is 6. The molecule has 0 bridgehead atoms. The first-order valence-corrected chi connectivity index (χ1v) is 13.1. The lowest BCUT2D eigenvalue weighted by Gasteiger charge is -2.52. The van der Waals surface area contributed by atoms with Crippen molar-refractivity contribution in [3.05, 3.63) is 35.6 Å². The summed E-state index contributed by atoms with van der Waals surface area (Å²) < 4.78 is 47.7. The molecule has 1 saturated carbocycles. The number of carbonyl (C=O) groups is 1. The Balaban J connectivity index is 2.17. The zero-order chi connectivity index (χ0) is 23.7. The summed E-state index contributed by atoms with van der Waals surface area (Å²) in [6.07, 6.45) is -1.17. The SMILES string of the molecule is CC(C)(C)[Si](C)(C)O[C@]1(C)C[C@H](N/C(=C(\C=N)C(=O)Cc2ncccn2)C(F)(F)F)C1. The van der Waals surface area contributed by atoms with Crippen LogP contribution >= 0.6 is 0 Å². The van der Waals surface area contributed by atoms with Crippen LogP contribution in [0.25, 0.3) is 0 Å². The molecule has 10 heteroatoms. The molecule has 0 unspecified atom stereocenters. The molecule has 1 aliphatic rings. The Hall–Kier alpha value is -2.07. The molecule has 172 valence electrons. The number of alkyl halides is 3. The van der Waals surface area contributed by atoms with E-state index in [2.05, 4.69) is 49.1 Å². The molecule has 0 atom stereocenters. The van der Waals surface area contributed by atoms with E-state index in [1.807, 2.05) is 6.92 Å². The molecule has 1 aromatic rings. The molecule has 6 nitrogen and oxygen atoms in total. The second kappa shape index (κ2) is 8.82. The van der Waals surface area contributed by atoms with Crippen LogP contribution in [-0.2, 0) is 15.6 Å². The van der Waals surface area contributed by atoms with Gasteiger partial charge in [0.25, 0.3) is 0 Å². The van der Waals surface area contributed by atoms with Gasteiger partial charge < -0.3 is 15.2 Å². The van der Waals surface area contributed by atoms with Crippen molar-refractivity contribution in [2.45, 2.75) is 82.9 Å². The Labute approximate surface area is 182 Å². The van der Waals surface area contributed by atoms with Gasteiger partial charge >= 0.3 is 6.18 Å². The van der Waals surface area contributed by atoms with E-state index in [-0.39, 0.29) is 10.9 Å². The van der Waals surface area contributed by atoms with E-state index in [0.717, 1.165) is 0 Å². The van der Waals surface area contributed by atoms with Gasteiger partial charge in [0.05, 0.1) is 17.6 Å². The van der Waals surface area contributed by atoms with Crippen LogP contribution in [-0.4, -0.2) is 48.1 Å². The zero-order valence-electron chi connectivity index (χ0n) is 18.9. The number of allylic oxidation sites excluding steroid dienone is 2. The lowest BCUT2D eigenvalue weighted by Crippen LogP contribution is -2.59. The fraction of sp³-hybridized carbons (Fsp3) is 0.619. The van der Waals surface area contributed by atoms with Gasteiger partial charge in [0, 0.05) is 24.7 Å². The maximum Gasteiger partial charge on any atom is 0.431 e. The van der Waals surface area contributed by atoms with E-state index in [0.29, 0.717) is 19.1 Å². The maximum atomic E-state index is 13.8. The topological polar surface area (TPSA) is 88.0 Å². The van der Waals surface area contributed by atoms with E-state index >= 15 is 0 Å². The Bertz CT molecular complexity index is 842. The average Bonchev–Trinajstić information content (AvgIpc) is 2.58. The second-order valence-electron chi connectivity index (χ2n) is 9.76. The number of halogens is 3. The van der Waals surface area contributed by atoms with Gasteiger partial charge in [-0.3, -0.25) is 4.79 Å². The van der Waals surface area contributed by atoms with Crippen LogP contribution in [0.2, 0.25) is 18.1 Å². The molecule has 1 heterocycles. The highest BCUT2D eigenvalue weighted by atomic mass is 28.4. The smallest absolute Gasteiger partial charge is 0.411 e. The number of ketones is 1. The summed E-state index contributed by atoms with van der Waals surface area (Å²) in [5.41, 5.74) is -2.42. The van der Waals surface area contributed by atoms with Gasteiger partial charge in [0.2, 0.25) is 0 Å². The number of carbonyl (C=O) groups excluding carboxylic acids is 1. The van der Waals surface area contributed by atoms with Gasteiger partial charge in [0.1, 0.15) is 11.5 Å². The number of Topliss-reactive ketones (excluding diaryl/α,β-unsaturated/α-hetero) is 1. The first-order chi connectivity index (χ1) is 14.1. The highest BCUT2D eigenvalue weighted by molar-refractivity contribution is 6.74. The molecule has 2 rings (SSSR count). The Morgan fingerprint density at radius 3 is 2.29 bits per heavy atom. The van der Waals surface area contributed by atoms with Crippen molar-refractivity contribution in [1.29, 1.82) is 5.41 Å². The summed E-state index contributed by atoms with van der Waals surface area (Å²) in [6, 6.07) is 1.05. The van der Waals surface area contributed by atoms with Crippen molar-refractivity contribution >= 4 is 20.3 Å². The number of aromatic nitrogens is 2. The van der Waals surface area contributed by atoms with Crippen LogP contribution in [0.4, 0.5) is 13.2 Å². The van der Waals surface area contributed by atoms with Crippen LogP contribution in [0.1, 0.15) is 46.4 Å². The van der Waals surface area contributed by atoms with Gasteiger partial charge in [-0.05, 0) is 44.0 Å². The summed E-state index contributed by atoms with van der Waals surface area (Å²) in [5, 5.41) is 9.91. The van der Waals surface area contributed by atoms with Crippen molar-refractivity contribution < 1.29 is 22.4 Å². The molecule has 0 aromatic carbocycles. The molecule has 0 spiro atoms. The predicted molar refractivity (Wildman–Crippen MR) is 115 cm³/mol. The molecule has 1 aromatic heterocycles. The van der Waals surface area contributed by atoms with E-state index in [9.17, 15) is 18.0 Å². The van der Waals surface area contributed by atoms with Crippen molar-refractivity contribution in [3.8, 4) is 0 Å². The van der Waals surface area contributed by atoms with Gasteiger partial charge in [-0.15, -0.1) is 0 Å². The van der Waals surface area contributed by atoms with E-state index in [1.54, 1.807) is 6.07 Å². The second-order valence-corrected chi connectivity index (χ2v) is 14.5. The molecule has 1 fully saturated rings. The fourth-order valence-electron chi connectivity index (χ4n) is 3.41. The summed E-state index contributed by atoms with van der Waals surface area (Å²) in [5.74, 6) is -0.756. The molecule has 1 aliphatic carbocycles. The number of hydrogen-bond donors (Lipinski definition) is 2. The Morgan fingerprint density at radius 1 is 1.29 bits per heavy atom. The van der Waals surface area contributed by atoms with Gasteiger partial charge in [-0.1, -0.05) is 20.8 Å². The van der Waals surface area contributed by atoms with Crippen LogP contribution in [0, 0.1) is 5.41 Å². The first kappa shape index (κ1) is 25.2. The minimum absolute atomic E-state index is 0.00909. The van der Waals surface area contributed by atoms with E-state index in [4.69, 9.17) is 9.84 Å². The molecule has 0 amide bonds. The molecule has 0 radical (unpaired) electrons. The standard InChI is InChI=1S/C21H31F3N4O2Si/c1-19(2,3)31(5,6)30-20(4)11-14(12-20)28-18(21(22,23)24)15(13-25)16(29)10-17-26-8-7-9-27-17/h7-9,13-14,25,28H,10-12H2,1-6H3/b18-15+,25-13?/t14-,20+. The summed E-state index contributed by atoms with van der Waals surface area (Å²) in [4.78, 5) is 20.2. The highest BCUT2D eigenvalue weighted by Crippen LogP contribution is 2.45. The van der Waals surface area contributed by atoms with E-state index < -0.39 is 49.6 Å². The zero-order valence-corrected chi connectivity index (χ0v) is 19.9. The third kappa shape index (κ3) is 6.22. The molecular weight excluding hydrogens is 425 g/mol. The summed E-state index contributed by atoms with van der Waals surface area (Å²) >= 11 is 0. The van der Waals surface area contributed by atoms with Crippen LogP contribution in [0.3, 0.4) is 0 Å². The first-order valence-electron chi connectivity index (χ1n) is 10.2. The lowest BCUT2D eigenvalue weighted by molar-refractivity contribution is -0.118. The molecule has 0 aliphatic heterocycles. The van der Waals surface area contributed by atoms with Gasteiger partial charge in [0.15, 0.2) is 14.1 Å². The molecule has 0 saturated heterocycles. The normalized spacial score (nSPS) is 22.9. The largest absolute Gasteiger partial charge is 0.431 e. The minimum atomic E-state index is -4.80.